The molecule has 2 N–H and O–H groups in total. The first-order valence-corrected chi connectivity index (χ1v) is 8.93. The van der Waals surface area contributed by atoms with Crippen molar-refractivity contribution in [3.05, 3.63) is 43.6 Å². The fourth-order valence-corrected chi connectivity index (χ4v) is 5.13. The Bertz CT molecular complexity index is 970. The summed E-state index contributed by atoms with van der Waals surface area (Å²) in [6.45, 7) is 0. The highest BCUT2D eigenvalue weighted by molar-refractivity contribution is 9.11. The highest BCUT2D eigenvalue weighted by atomic mass is 79.9. The van der Waals surface area contributed by atoms with E-state index in [0.29, 0.717) is 25.6 Å². The van der Waals surface area contributed by atoms with Crippen molar-refractivity contribution in [2.24, 2.45) is 0 Å². The molecule has 0 aliphatic carbocycles. The minimum atomic E-state index is -3.75. The van der Waals surface area contributed by atoms with Crippen molar-refractivity contribution >= 4 is 65.7 Å². The SMILES string of the molecule is O=c1[nH]c2cc(NS(=O)(=O)c3cc(Cl)c(Br)s3)ccc2o1. The molecule has 110 valence electrons. The predicted octanol–water partition coefficient (Wildman–Crippen LogP) is 3.40. The number of rotatable bonds is 3. The molecule has 3 rings (SSSR count). The molecule has 3 aromatic rings. The van der Waals surface area contributed by atoms with Crippen LogP contribution in [0.2, 0.25) is 5.02 Å². The van der Waals surface area contributed by atoms with Gasteiger partial charge in [-0.15, -0.1) is 11.3 Å². The third kappa shape index (κ3) is 2.86. The van der Waals surface area contributed by atoms with Gasteiger partial charge in [-0.05, 0) is 40.2 Å². The average molecular weight is 410 g/mol. The lowest BCUT2D eigenvalue weighted by Crippen LogP contribution is -2.11. The summed E-state index contributed by atoms with van der Waals surface area (Å²) in [5.74, 6) is -0.598. The van der Waals surface area contributed by atoms with Crippen LogP contribution < -0.4 is 10.5 Å². The number of H-pyrrole nitrogens is 1. The second-order valence-electron chi connectivity index (χ2n) is 4.02. The largest absolute Gasteiger partial charge is 0.417 e. The Labute approximate surface area is 135 Å². The fraction of sp³-hybridized carbons (Fsp3) is 0. The molecule has 6 nitrogen and oxygen atoms in total. The van der Waals surface area contributed by atoms with Crippen LogP contribution in [0, 0.1) is 0 Å². The lowest BCUT2D eigenvalue weighted by Gasteiger charge is -2.05. The number of hydrogen-bond acceptors (Lipinski definition) is 5. The summed E-state index contributed by atoms with van der Waals surface area (Å²) in [6.07, 6.45) is 0. The fourth-order valence-electron chi connectivity index (χ4n) is 1.68. The van der Waals surface area contributed by atoms with Crippen LogP contribution in [0.5, 0.6) is 0 Å². The molecular weight excluding hydrogens is 404 g/mol. The van der Waals surface area contributed by atoms with E-state index in [-0.39, 0.29) is 4.21 Å². The number of oxazole rings is 1. The van der Waals surface area contributed by atoms with Crippen molar-refractivity contribution < 1.29 is 12.8 Å². The smallest absolute Gasteiger partial charge is 0.408 e. The Kier molecular flexibility index (Phi) is 3.60. The Morgan fingerprint density at radius 1 is 1.33 bits per heavy atom. The number of anilines is 1. The summed E-state index contributed by atoms with van der Waals surface area (Å²) >= 11 is 10.0. The summed E-state index contributed by atoms with van der Waals surface area (Å²) in [5, 5.41) is 0.329. The van der Waals surface area contributed by atoms with Gasteiger partial charge >= 0.3 is 5.76 Å². The van der Waals surface area contributed by atoms with E-state index < -0.39 is 15.8 Å². The number of halogens is 2. The third-order valence-corrected chi connectivity index (χ3v) is 6.89. The summed E-state index contributed by atoms with van der Waals surface area (Å²) in [7, 11) is -3.75. The zero-order valence-corrected chi connectivity index (χ0v) is 14.0. The van der Waals surface area contributed by atoms with Crippen LogP contribution in [0.1, 0.15) is 0 Å². The molecule has 0 saturated carbocycles. The molecule has 0 fully saturated rings. The first-order chi connectivity index (χ1) is 9.85. The first kappa shape index (κ1) is 14.6. The summed E-state index contributed by atoms with van der Waals surface area (Å²) in [4.78, 5) is 13.5. The van der Waals surface area contributed by atoms with Gasteiger partial charge in [-0.2, -0.15) is 0 Å². The van der Waals surface area contributed by atoms with Crippen LogP contribution >= 0.6 is 38.9 Å². The molecule has 0 atom stereocenters. The van der Waals surface area contributed by atoms with Gasteiger partial charge in [0.2, 0.25) is 0 Å². The van der Waals surface area contributed by atoms with E-state index in [1.54, 1.807) is 0 Å². The molecule has 21 heavy (non-hydrogen) atoms. The van der Waals surface area contributed by atoms with Gasteiger partial charge in [0.25, 0.3) is 10.0 Å². The monoisotopic (exact) mass is 408 g/mol. The van der Waals surface area contributed by atoms with Gasteiger partial charge in [0.15, 0.2) is 5.58 Å². The number of benzene rings is 1. The molecule has 2 aromatic heterocycles. The van der Waals surface area contributed by atoms with Crippen LogP contribution in [0.15, 0.2) is 41.5 Å². The number of aromatic nitrogens is 1. The van der Waals surface area contributed by atoms with Crippen LogP contribution in [-0.4, -0.2) is 13.4 Å². The minimum absolute atomic E-state index is 0.0835. The summed E-state index contributed by atoms with van der Waals surface area (Å²) in [5.41, 5.74) is 1.07. The molecule has 0 saturated heterocycles. The van der Waals surface area contributed by atoms with E-state index in [1.807, 2.05) is 0 Å². The van der Waals surface area contributed by atoms with Crippen LogP contribution in [0.25, 0.3) is 11.1 Å². The number of nitrogens with one attached hydrogen (secondary N) is 2. The van der Waals surface area contributed by atoms with Crippen LogP contribution in [0.3, 0.4) is 0 Å². The zero-order valence-electron chi connectivity index (χ0n) is 10.0. The van der Waals surface area contributed by atoms with Gasteiger partial charge in [0, 0.05) is 0 Å². The Balaban J connectivity index is 1.98. The summed E-state index contributed by atoms with van der Waals surface area (Å²) in [6, 6.07) is 5.84. The van der Waals surface area contributed by atoms with Gasteiger partial charge < -0.3 is 4.42 Å². The van der Waals surface area contributed by atoms with E-state index in [2.05, 4.69) is 25.6 Å². The number of thiophene rings is 1. The van der Waals surface area contributed by atoms with Gasteiger partial charge in [0.05, 0.1) is 20.0 Å². The second-order valence-corrected chi connectivity index (χ2v) is 8.70. The number of aromatic amines is 1. The van der Waals surface area contributed by atoms with Gasteiger partial charge in [-0.3, -0.25) is 9.71 Å². The maximum atomic E-state index is 12.2. The van der Waals surface area contributed by atoms with Crippen molar-refractivity contribution in [1.82, 2.24) is 4.98 Å². The van der Waals surface area contributed by atoms with E-state index in [1.165, 1.54) is 24.3 Å². The Morgan fingerprint density at radius 3 is 2.76 bits per heavy atom. The molecule has 0 aliphatic rings. The first-order valence-electron chi connectivity index (χ1n) is 5.46. The molecule has 10 heteroatoms. The third-order valence-electron chi connectivity index (χ3n) is 2.56. The van der Waals surface area contributed by atoms with Crippen molar-refractivity contribution in [3.63, 3.8) is 0 Å². The van der Waals surface area contributed by atoms with E-state index in [9.17, 15) is 13.2 Å². The van der Waals surface area contributed by atoms with Crippen molar-refractivity contribution in [2.75, 3.05) is 4.72 Å². The lowest BCUT2D eigenvalue weighted by molar-refractivity contribution is 0.555. The maximum Gasteiger partial charge on any atom is 0.417 e. The standard InChI is InChI=1S/C11H6BrClN2O4S2/c12-10-6(13)4-9(20-10)21(17,18)15-5-1-2-8-7(3-5)14-11(16)19-8/h1-4,15H,(H,14,16). The minimum Gasteiger partial charge on any atom is -0.408 e. The highest BCUT2D eigenvalue weighted by Gasteiger charge is 2.19. The molecule has 0 spiro atoms. The molecule has 0 amide bonds. The van der Waals surface area contributed by atoms with Gasteiger partial charge in [0.1, 0.15) is 4.21 Å². The average Bonchev–Trinajstić information content (AvgIpc) is 2.91. The van der Waals surface area contributed by atoms with E-state index in [4.69, 9.17) is 16.0 Å². The molecule has 1 aromatic carbocycles. The van der Waals surface area contributed by atoms with Crippen molar-refractivity contribution in [3.8, 4) is 0 Å². The van der Waals surface area contributed by atoms with Crippen molar-refractivity contribution in [1.29, 1.82) is 0 Å². The number of hydrogen-bond donors (Lipinski definition) is 2. The van der Waals surface area contributed by atoms with Crippen LogP contribution in [-0.2, 0) is 10.0 Å². The zero-order chi connectivity index (χ0) is 15.2. The predicted molar refractivity (Wildman–Crippen MR) is 84.7 cm³/mol. The van der Waals surface area contributed by atoms with E-state index >= 15 is 0 Å². The highest BCUT2D eigenvalue weighted by Crippen LogP contribution is 2.35. The molecule has 0 radical (unpaired) electrons. The Morgan fingerprint density at radius 2 is 2.10 bits per heavy atom. The summed E-state index contributed by atoms with van der Waals surface area (Å²) < 4.78 is 32.4. The molecule has 0 unspecified atom stereocenters. The van der Waals surface area contributed by atoms with Gasteiger partial charge in [-0.1, -0.05) is 11.6 Å². The molecule has 0 aliphatic heterocycles. The topological polar surface area (TPSA) is 92.2 Å². The lowest BCUT2D eigenvalue weighted by atomic mass is 10.3. The van der Waals surface area contributed by atoms with Crippen LogP contribution in [0.4, 0.5) is 5.69 Å². The number of fused-ring (bicyclic) bond motifs is 1. The van der Waals surface area contributed by atoms with Crippen molar-refractivity contribution in [2.45, 2.75) is 4.21 Å². The normalized spacial score (nSPS) is 11.9. The number of sulfonamides is 1. The van der Waals surface area contributed by atoms with E-state index in [0.717, 1.165) is 11.3 Å². The second kappa shape index (κ2) is 5.16. The van der Waals surface area contributed by atoms with Gasteiger partial charge in [-0.25, -0.2) is 13.2 Å². The molecule has 2 heterocycles. The molecule has 0 bridgehead atoms. The Hall–Kier alpha value is -1.29. The maximum absolute atomic E-state index is 12.2. The molecular formula is C11H6BrClN2O4S2. The quantitative estimate of drug-likeness (QED) is 0.693.